The average molecular weight is 705 g/mol. The minimum Gasteiger partial charge on any atom is -0.457 e. The number of pyridine rings is 1. The zero-order valence-electron chi connectivity index (χ0n) is 28.9. The second-order valence-electron chi connectivity index (χ2n) is 13.9. The molecule has 1 atom stereocenters. The van der Waals surface area contributed by atoms with Crippen molar-refractivity contribution in [3.63, 3.8) is 0 Å². The van der Waals surface area contributed by atoms with Crippen molar-refractivity contribution in [2.75, 3.05) is 36.5 Å². The molecule has 4 amide bonds. The summed E-state index contributed by atoms with van der Waals surface area (Å²) in [6.45, 7) is 8.23. The lowest BCUT2D eigenvalue weighted by Crippen LogP contribution is -2.50. The Morgan fingerprint density at radius 2 is 1.88 bits per heavy atom. The van der Waals surface area contributed by atoms with E-state index >= 15 is 0 Å². The number of likely N-dealkylation sites (tertiary alicyclic amines) is 1. The molecule has 1 unspecified atom stereocenters. The molecule has 0 spiro atoms. The minimum atomic E-state index is -0.392. The molecule has 262 valence electrons. The quantitative estimate of drug-likeness (QED) is 0.142. The lowest BCUT2D eigenvalue weighted by Gasteiger charge is -2.36. The summed E-state index contributed by atoms with van der Waals surface area (Å²) in [6.07, 6.45) is 6.61. The van der Waals surface area contributed by atoms with E-state index in [2.05, 4.69) is 35.5 Å². The number of para-hydroxylation sites is 1. The van der Waals surface area contributed by atoms with Crippen LogP contribution in [-0.4, -0.2) is 60.1 Å². The SMILES string of the molecule is Cc1cc(Oc2ccccc2)ccc1N1C(=O)Nc2c(C(=O)NC3CCCN(C(=O)C(C#N)=CC(C)(C)C4CCOCC4)C3)sc3nccc1c23. The Balaban J connectivity index is 1.08. The van der Waals surface area contributed by atoms with Crippen LogP contribution in [0.15, 0.2) is 72.4 Å². The van der Waals surface area contributed by atoms with Gasteiger partial charge >= 0.3 is 6.03 Å². The summed E-state index contributed by atoms with van der Waals surface area (Å²) in [5, 5.41) is 16.8. The molecule has 2 aromatic heterocycles. The van der Waals surface area contributed by atoms with Crippen LogP contribution in [-0.2, 0) is 9.53 Å². The van der Waals surface area contributed by atoms with Gasteiger partial charge < -0.3 is 25.0 Å². The first-order valence-corrected chi connectivity index (χ1v) is 18.1. The molecule has 2 N–H and O–H groups in total. The van der Waals surface area contributed by atoms with Crippen molar-refractivity contribution >= 4 is 56.5 Å². The Labute approximate surface area is 300 Å². The van der Waals surface area contributed by atoms with Gasteiger partial charge in [0.25, 0.3) is 11.8 Å². The Bertz CT molecular complexity index is 2060. The van der Waals surface area contributed by atoms with Crippen molar-refractivity contribution in [1.29, 1.82) is 5.26 Å². The summed E-state index contributed by atoms with van der Waals surface area (Å²) in [7, 11) is 0. The van der Waals surface area contributed by atoms with E-state index in [4.69, 9.17) is 9.47 Å². The van der Waals surface area contributed by atoms with Crippen LogP contribution in [0, 0.1) is 29.6 Å². The third kappa shape index (κ3) is 6.92. The van der Waals surface area contributed by atoms with Crippen LogP contribution in [0.4, 0.5) is 21.9 Å². The highest BCUT2D eigenvalue weighted by Gasteiger charge is 2.36. The van der Waals surface area contributed by atoms with Crippen molar-refractivity contribution in [2.45, 2.75) is 52.5 Å². The van der Waals surface area contributed by atoms with E-state index in [0.29, 0.717) is 82.2 Å². The number of allylic oxidation sites excluding steroid dienone is 1. The van der Waals surface area contributed by atoms with E-state index in [0.717, 1.165) is 18.4 Å². The molecule has 2 aromatic carbocycles. The summed E-state index contributed by atoms with van der Waals surface area (Å²) in [5.74, 6) is 1.03. The summed E-state index contributed by atoms with van der Waals surface area (Å²) >= 11 is 1.22. The number of hydrogen-bond donors (Lipinski definition) is 2. The molecule has 2 saturated heterocycles. The van der Waals surface area contributed by atoms with E-state index in [9.17, 15) is 19.6 Å². The fourth-order valence-corrected chi connectivity index (χ4v) is 8.35. The van der Waals surface area contributed by atoms with Crippen molar-refractivity contribution in [2.24, 2.45) is 11.3 Å². The van der Waals surface area contributed by atoms with Gasteiger partial charge in [-0.3, -0.25) is 14.5 Å². The zero-order valence-corrected chi connectivity index (χ0v) is 29.7. The molecule has 2 fully saturated rings. The van der Waals surface area contributed by atoms with Crippen LogP contribution in [0.1, 0.15) is 54.8 Å². The van der Waals surface area contributed by atoms with Crippen LogP contribution < -0.4 is 20.3 Å². The number of benzene rings is 2. The Morgan fingerprint density at radius 1 is 1.10 bits per heavy atom. The fraction of sp³-hybridized carbons (Fsp3) is 0.359. The lowest BCUT2D eigenvalue weighted by atomic mass is 9.73. The van der Waals surface area contributed by atoms with Gasteiger partial charge in [-0.15, -0.1) is 11.3 Å². The molecule has 7 rings (SSSR count). The van der Waals surface area contributed by atoms with E-state index in [1.54, 1.807) is 22.1 Å². The lowest BCUT2D eigenvalue weighted by molar-refractivity contribution is -0.128. The van der Waals surface area contributed by atoms with Crippen LogP contribution >= 0.6 is 11.3 Å². The third-order valence-electron chi connectivity index (χ3n) is 10.0. The number of hydrogen-bond acceptors (Lipinski definition) is 8. The molecule has 12 heteroatoms. The summed E-state index contributed by atoms with van der Waals surface area (Å²) < 4.78 is 11.5. The van der Waals surface area contributed by atoms with E-state index < -0.39 is 6.03 Å². The largest absolute Gasteiger partial charge is 0.457 e. The van der Waals surface area contributed by atoms with Crippen molar-refractivity contribution in [1.82, 2.24) is 15.2 Å². The number of rotatable bonds is 8. The van der Waals surface area contributed by atoms with Gasteiger partial charge in [0, 0.05) is 38.5 Å². The van der Waals surface area contributed by atoms with Gasteiger partial charge in [-0.1, -0.05) is 38.1 Å². The van der Waals surface area contributed by atoms with Gasteiger partial charge in [0.05, 0.1) is 22.4 Å². The van der Waals surface area contributed by atoms with Gasteiger partial charge in [0.1, 0.15) is 32.8 Å². The molecule has 3 aliphatic heterocycles. The highest BCUT2D eigenvalue weighted by atomic mass is 32.1. The maximum Gasteiger partial charge on any atom is 0.331 e. The number of aromatic nitrogens is 1. The maximum absolute atomic E-state index is 13.8. The minimum absolute atomic E-state index is 0.131. The Morgan fingerprint density at radius 3 is 2.63 bits per heavy atom. The van der Waals surface area contributed by atoms with Crippen LogP contribution in [0.3, 0.4) is 0 Å². The first kappa shape index (κ1) is 34.2. The Kier molecular flexibility index (Phi) is 9.50. The first-order valence-electron chi connectivity index (χ1n) is 17.3. The van der Waals surface area contributed by atoms with Gasteiger partial charge in [-0.05, 0) is 85.9 Å². The van der Waals surface area contributed by atoms with Gasteiger partial charge in [0.2, 0.25) is 0 Å². The highest BCUT2D eigenvalue weighted by molar-refractivity contribution is 7.21. The first-order chi connectivity index (χ1) is 24.6. The van der Waals surface area contributed by atoms with Crippen molar-refractivity contribution in [3.8, 4) is 17.6 Å². The second kappa shape index (κ2) is 14.2. The van der Waals surface area contributed by atoms with Crippen molar-refractivity contribution < 1.29 is 23.9 Å². The number of amides is 4. The normalized spacial score (nSPS) is 18.3. The van der Waals surface area contributed by atoms with Gasteiger partial charge in [-0.2, -0.15) is 5.26 Å². The molecule has 3 aliphatic rings. The number of piperidine rings is 1. The molecular formula is C39H40N6O5S. The topological polar surface area (TPSA) is 137 Å². The smallest absolute Gasteiger partial charge is 0.331 e. The number of thiophene rings is 1. The fourth-order valence-electron chi connectivity index (χ4n) is 7.32. The number of nitriles is 1. The second-order valence-corrected chi connectivity index (χ2v) is 14.9. The van der Waals surface area contributed by atoms with Gasteiger partial charge in [0.15, 0.2) is 0 Å². The third-order valence-corrected chi connectivity index (χ3v) is 11.1. The number of nitrogens with zero attached hydrogens (tertiary/aromatic N) is 4. The number of nitrogens with one attached hydrogen (secondary N) is 2. The molecule has 0 aliphatic carbocycles. The molecule has 0 bridgehead atoms. The predicted molar refractivity (Wildman–Crippen MR) is 197 cm³/mol. The Hall–Kier alpha value is -5.25. The summed E-state index contributed by atoms with van der Waals surface area (Å²) in [4.78, 5) is 50.0. The summed E-state index contributed by atoms with van der Waals surface area (Å²) in [6, 6.07) is 18.3. The number of urea groups is 1. The predicted octanol–water partition coefficient (Wildman–Crippen LogP) is 7.70. The number of ether oxygens (including phenoxy) is 2. The molecule has 0 saturated carbocycles. The molecular weight excluding hydrogens is 665 g/mol. The number of aryl methyl sites for hydroxylation is 1. The monoisotopic (exact) mass is 704 g/mol. The molecule has 0 radical (unpaired) electrons. The van der Waals surface area contributed by atoms with E-state index in [1.807, 2.05) is 61.5 Å². The van der Waals surface area contributed by atoms with Crippen molar-refractivity contribution in [3.05, 3.63) is 82.9 Å². The number of carbonyl (C=O) groups excluding carboxylic acids is 3. The van der Waals surface area contributed by atoms with Crippen LogP contribution in [0.25, 0.3) is 10.2 Å². The van der Waals surface area contributed by atoms with E-state index in [-0.39, 0.29) is 35.4 Å². The standard InChI is InChI=1S/C39H40N6O5S/c1-24-20-29(50-28-9-5-4-6-10-28)11-12-30(24)45-31-13-16-41-36-32(31)33(43-38(45)48)34(51-36)35(46)42-27-8-7-17-44(23-27)37(47)25(22-40)21-39(2,3)26-14-18-49-19-15-26/h4-6,9-13,16,20-21,26-27H,7-8,14-15,17-19,23H2,1-3H3,(H,42,46)(H,43,48). The average Bonchev–Trinajstić information content (AvgIpc) is 3.51. The van der Waals surface area contributed by atoms with Gasteiger partial charge in [-0.25, -0.2) is 9.78 Å². The maximum atomic E-state index is 13.8. The number of anilines is 3. The molecule has 11 nitrogen and oxygen atoms in total. The van der Waals surface area contributed by atoms with E-state index in [1.165, 1.54) is 11.3 Å². The summed E-state index contributed by atoms with van der Waals surface area (Å²) in [5.41, 5.74) is 2.36. The highest BCUT2D eigenvalue weighted by Crippen LogP contribution is 2.46. The van der Waals surface area contributed by atoms with Crippen LogP contribution in [0.2, 0.25) is 0 Å². The molecule has 5 heterocycles. The molecule has 51 heavy (non-hydrogen) atoms. The number of carbonyl (C=O) groups is 3. The molecule has 4 aromatic rings. The van der Waals surface area contributed by atoms with Crippen LogP contribution in [0.5, 0.6) is 11.5 Å². The zero-order chi connectivity index (χ0) is 35.7.